The Balaban J connectivity index is 0.000000820. The van der Waals surface area contributed by atoms with Gasteiger partial charge >= 0.3 is 0 Å². The monoisotopic (exact) mass is 474 g/mol. The summed E-state index contributed by atoms with van der Waals surface area (Å²) in [4.78, 5) is 11.6. The maximum atomic E-state index is 13.1. The summed E-state index contributed by atoms with van der Waals surface area (Å²) >= 11 is 0. The minimum absolute atomic E-state index is 0.348. The molecule has 0 unspecified atom stereocenters. The number of aryl methyl sites for hydroxylation is 1. The molecule has 0 atom stereocenters. The molecule has 0 radical (unpaired) electrons. The van der Waals surface area contributed by atoms with Crippen LogP contribution in [0.1, 0.15) is 45.7 Å². The van der Waals surface area contributed by atoms with E-state index in [2.05, 4.69) is 48.6 Å². The zero-order valence-corrected chi connectivity index (χ0v) is 21.8. The van der Waals surface area contributed by atoms with E-state index in [1.54, 1.807) is 28.6 Å². The fourth-order valence-corrected chi connectivity index (χ4v) is 5.09. The van der Waals surface area contributed by atoms with Gasteiger partial charge in [0.05, 0.1) is 12.0 Å². The molecule has 0 N–H and O–H groups in total. The van der Waals surface area contributed by atoms with E-state index in [1.165, 1.54) is 23.9 Å². The molecule has 1 aliphatic heterocycles. The normalized spacial score (nSPS) is 12.8. The molecule has 2 aromatic rings. The molecular formula is C26H38N2O4S. The van der Waals surface area contributed by atoms with Crippen molar-refractivity contribution in [2.24, 2.45) is 0 Å². The number of hydrogen-bond donors (Lipinski definition) is 0. The lowest BCUT2D eigenvalue weighted by molar-refractivity contribution is -0.126. The predicted octanol–water partition coefficient (Wildman–Crippen LogP) is 5.13. The average molecular weight is 475 g/mol. The minimum atomic E-state index is -3.52. The van der Waals surface area contributed by atoms with Gasteiger partial charge in [0.15, 0.2) is 0 Å². The van der Waals surface area contributed by atoms with Gasteiger partial charge in [-0.1, -0.05) is 50.6 Å². The number of hydrogen-bond acceptors (Lipinski definition) is 5. The first-order valence-electron chi connectivity index (χ1n) is 11.4. The molecule has 0 fully saturated rings. The third kappa shape index (κ3) is 7.17. The smallest absolute Gasteiger partial charge is 0.292 e. The molecule has 0 aliphatic carbocycles. The maximum absolute atomic E-state index is 13.1. The molecule has 1 aliphatic rings. The zero-order valence-electron chi connectivity index (χ0n) is 21.0. The van der Waals surface area contributed by atoms with Crippen molar-refractivity contribution in [1.29, 1.82) is 0 Å². The molecule has 2 aromatic carbocycles. The Bertz CT molecular complexity index is 1020. The first-order valence-corrected chi connectivity index (χ1v) is 12.8. The Labute approximate surface area is 199 Å². The highest BCUT2D eigenvalue weighted by Gasteiger charge is 2.28. The number of rotatable bonds is 7. The third-order valence-electron chi connectivity index (χ3n) is 5.31. The third-order valence-corrected chi connectivity index (χ3v) is 7.24. The number of methoxy groups -OCH3 is 1. The second-order valence-electron chi connectivity index (χ2n) is 7.37. The van der Waals surface area contributed by atoms with E-state index in [1.807, 2.05) is 26.8 Å². The second kappa shape index (κ2) is 13.8. The van der Waals surface area contributed by atoms with Gasteiger partial charge in [0.1, 0.15) is 0 Å². The molecule has 6 nitrogen and oxygen atoms in total. The Morgan fingerprint density at radius 1 is 1.06 bits per heavy atom. The van der Waals surface area contributed by atoms with Crippen LogP contribution in [0.2, 0.25) is 0 Å². The molecule has 0 saturated heterocycles. The topological polar surface area (TPSA) is 66.9 Å². The van der Waals surface area contributed by atoms with E-state index in [0.29, 0.717) is 24.5 Å². The molecule has 0 aromatic heterocycles. The van der Waals surface area contributed by atoms with Crippen LogP contribution in [0, 0.1) is 6.92 Å². The van der Waals surface area contributed by atoms with Crippen molar-refractivity contribution >= 4 is 27.8 Å². The van der Waals surface area contributed by atoms with Crippen molar-refractivity contribution < 1.29 is 17.9 Å². The summed E-state index contributed by atoms with van der Waals surface area (Å²) in [6.07, 6.45) is 0. The van der Waals surface area contributed by atoms with Crippen LogP contribution >= 0.6 is 0 Å². The van der Waals surface area contributed by atoms with E-state index >= 15 is 0 Å². The van der Waals surface area contributed by atoms with Gasteiger partial charge < -0.3 is 9.64 Å². The molecule has 33 heavy (non-hydrogen) atoms. The number of nitrogens with zero attached hydrogens (tertiary/aromatic N) is 2. The van der Waals surface area contributed by atoms with E-state index in [9.17, 15) is 8.42 Å². The van der Waals surface area contributed by atoms with Crippen LogP contribution in [0.5, 0.6) is 0 Å². The quantitative estimate of drug-likeness (QED) is 0.520. The molecule has 7 heteroatoms. The average Bonchev–Trinajstić information content (AvgIpc) is 2.84. The lowest BCUT2D eigenvalue weighted by Crippen LogP contribution is -2.35. The lowest BCUT2D eigenvalue weighted by atomic mass is 9.92. The van der Waals surface area contributed by atoms with Gasteiger partial charge in [-0.2, -0.15) is 4.31 Å². The first-order chi connectivity index (χ1) is 15.8. The first kappa shape index (κ1) is 28.4. The number of benzene rings is 2. The summed E-state index contributed by atoms with van der Waals surface area (Å²) in [7, 11) is -2.21. The van der Waals surface area contributed by atoms with Crippen molar-refractivity contribution in [2.45, 2.75) is 46.4 Å². The van der Waals surface area contributed by atoms with Crippen molar-refractivity contribution in [3.8, 4) is 0 Å². The highest BCUT2D eigenvalue weighted by molar-refractivity contribution is 7.89. The van der Waals surface area contributed by atoms with Crippen LogP contribution in [0.4, 0.5) is 5.69 Å². The van der Waals surface area contributed by atoms with Crippen LogP contribution in [0.3, 0.4) is 0 Å². The number of ether oxygens (including phenoxy) is 1. The van der Waals surface area contributed by atoms with Gasteiger partial charge in [0.2, 0.25) is 10.0 Å². The van der Waals surface area contributed by atoms with Gasteiger partial charge in [-0.3, -0.25) is 4.79 Å². The van der Waals surface area contributed by atoms with Crippen molar-refractivity contribution in [2.75, 3.05) is 38.2 Å². The summed E-state index contributed by atoms with van der Waals surface area (Å²) in [5.41, 5.74) is 5.89. The standard InChI is InChI=1S/C22H28N2O2S.C2H4O2.C2H6/c1-5-23-15-18(4)21(20-14-17(3)12-13-22(20)23)16-24(6-2)27(25,26)19-10-8-7-9-11-19;1-4-2-3;1-2/h7-14H,5-6,15-16H2,1-4H3;2H,1H3;1-2H3. The summed E-state index contributed by atoms with van der Waals surface area (Å²) in [5, 5.41) is 0. The molecular weight excluding hydrogens is 436 g/mol. The Morgan fingerprint density at radius 2 is 1.67 bits per heavy atom. The van der Waals surface area contributed by atoms with E-state index < -0.39 is 10.0 Å². The van der Waals surface area contributed by atoms with E-state index in [-0.39, 0.29) is 0 Å². The van der Waals surface area contributed by atoms with Gasteiger partial charge in [0, 0.05) is 37.4 Å². The van der Waals surface area contributed by atoms with Crippen LogP contribution in [0.15, 0.2) is 59.0 Å². The largest absolute Gasteiger partial charge is 0.471 e. The summed E-state index contributed by atoms with van der Waals surface area (Å²) in [6.45, 7) is 15.2. The predicted molar refractivity (Wildman–Crippen MR) is 137 cm³/mol. The zero-order chi connectivity index (χ0) is 25.0. The fourth-order valence-electron chi connectivity index (χ4n) is 3.65. The van der Waals surface area contributed by atoms with Crippen LogP contribution in [-0.2, 0) is 19.6 Å². The molecule has 0 bridgehead atoms. The fraction of sp³-hybridized carbons (Fsp3) is 0.423. The van der Waals surface area contributed by atoms with Gasteiger partial charge in [-0.05, 0) is 56.2 Å². The number of carbonyl (C=O) groups excluding carboxylic acids is 1. The number of anilines is 1. The molecule has 1 heterocycles. The highest BCUT2D eigenvalue weighted by atomic mass is 32.2. The van der Waals surface area contributed by atoms with E-state index in [0.717, 1.165) is 24.2 Å². The Morgan fingerprint density at radius 3 is 2.18 bits per heavy atom. The second-order valence-corrected chi connectivity index (χ2v) is 9.31. The van der Waals surface area contributed by atoms with Crippen molar-refractivity contribution in [1.82, 2.24) is 4.31 Å². The molecule has 182 valence electrons. The maximum Gasteiger partial charge on any atom is 0.292 e. The van der Waals surface area contributed by atoms with Gasteiger partial charge in [0.25, 0.3) is 6.47 Å². The SMILES string of the molecule is CC.CCN1CC(C)=C(CN(CC)S(=O)(=O)c2ccccc2)c2cc(C)ccc21.COC=O. The lowest BCUT2D eigenvalue weighted by Gasteiger charge is -2.34. The minimum Gasteiger partial charge on any atom is -0.471 e. The van der Waals surface area contributed by atoms with Crippen LogP contribution in [-0.4, -0.2) is 52.5 Å². The van der Waals surface area contributed by atoms with Crippen molar-refractivity contribution in [3.05, 3.63) is 65.2 Å². The summed E-state index contributed by atoms with van der Waals surface area (Å²) < 4.78 is 31.7. The summed E-state index contributed by atoms with van der Waals surface area (Å²) in [5.74, 6) is 0. The number of carbonyl (C=O) groups is 1. The molecule has 0 amide bonds. The highest BCUT2D eigenvalue weighted by Crippen LogP contribution is 2.36. The molecule has 0 saturated carbocycles. The summed E-state index contributed by atoms with van der Waals surface area (Å²) in [6, 6.07) is 15.2. The Hall–Kier alpha value is -2.64. The molecule has 3 rings (SSSR count). The van der Waals surface area contributed by atoms with Crippen LogP contribution in [0.25, 0.3) is 5.57 Å². The van der Waals surface area contributed by atoms with Gasteiger partial charge in [-0.15, -0.1) is 0 Å². The number of likely N-dealkylation sites (N-methyl/N-ethyl adjacent to an activating group) is 2. The van der Waals surface area contributed by atoms with E-state index in [4.69, 9.17) is 4.79 Å². The van der Waals surface area contributed by atoms with Crippen LogP contribution < -0.4 is 4.90 Å². The Kier molecular flexibility index (Phi) is 11.9. The van der Waals surface area contributed by atoms with Crippen molar-refractivity contribution in [3.63, 3.8) is 0 Å². The van der Waals surface area contributed by atoms with Gasteiger partial charge in [-0.25, -0.2) is 8.42 Å². The number of sulfonamides is 1. The number of fused-ring (bicyclic) bond motifs is 1. The molecule has 0 spiro atoms.